The number of benzene rings is 1. The van der Waals surface area contributed by atoms with Crippen molar-refractivity contribution in [2.24, 2.45) is 17.6 Å². The number of nitrogens with zero attached hydrogens (tertiary/aromatic N) is 1. The third-order valence-corrected chi connectivity index (χ3v) is 5.61. The fraction of sp³-hybridized carbons (Fsp3) is 0.471. The Morgan fingerprint density at radius 2 is 2.18 bits per heavy atom. The van der Waals surface area contributed by atoms with Crippen molar-refractivity contribution in [3.63, 3.8) is 0 Å². The number of furan rings is 1. The first kappa shape index (κ1) is 14.1. The molecule has 2 aromatic rings. The number of carbonyl (C=O) groups excluding carboxylic acids is 1. The van der Waals surface area contributed by atoms with Crippen molar-refractivity contribution in [1.82, 2.24) is 4.90 Å². The van der Waals surface area contributed by atoms with Gasteiger partial charge in [-0.1, -0.05) is 23.7 Å². The molecule has 0 bridgehead atoms. The van der Waals surface area contributed by atoms with E-state index in [4.69, 9.17) is 21.8 Å². The minimum absolute atomic E-state index is 0.0358. The van der Waals surface area contributed by atoms with Crippen LogP contribution in [-0.2, 0) is 0 Å². The zero-order valence-corrected chi connectivity index (χ0v) is 13.3. The predicted molar refractivity (Wildman–Crippen MR) is 86.1 cm³/mol. The highest BCUT2D eigenvalue weighted by Gasteiger charge is 2.43. The highest BCUT2D eigenvalue weighted by Crippen LogP contribution is 2.38. The van der Waals surface area contributed by atoms with Gasteiger partial charge in [-0.3, -0.25) is 4.79 Å². The summed E-state index contributed by atoms with van der Waals surface area (Å²) < 4.78 is 5.80. The fourth-order valence-corrected chi connectivity index (χ4v) is 4.24. The molecule has 1 aliphatic carbocycles. The summed E-state index contributed by atoms with van der Waals surface area (Å²) in [5.74, 6) is 1.37. The second-order valence-electron chi connectivity index (χ2n) is 6.55. The summed E-state index contributed by atoms with van der Waals surface area (Å²) in [6.45, 7) is 3.45. The fourth-order valence-electron chi connectivity index (χ4n) is 4.03. The molecule has 116 valence electrons. The van der Waals surface area contributed by atoms with E-state index < -0.39 is 0 Å². The minimum Gasteiger partial charge on any atom is -0.449 e. The Hall–Kier alpha value is -1.52. The van der Waals surface area contributed by atoms with Gasteiger partial charge in [-0.2, -0.15) is 0 Å². The molecule has 3 unspecified atom stereocenters. The molecule has 2 aliphatic rings. The standard InChI is InChI=1S/C17H19ClN2O2/c1-9-11-3-2-4-13(18)16(11)22-15(9)17(21)20-7-10-5-6-14(19)12(10)8-20/h2-4,10,12,14H,5-8,19H2,1H3. The molecule has 2 N–H and O–H groups in total. The number of halogens is 1. The lowest BCUT2D eigenvalue weighted by Crippen LogP contribution is -2.33. The summed E-state index contributed by atoms with van der Waals surface area (Å²) in [6.07, 6.45) is 2.21. The van der Waals surface area contributed by atoms with Crippen molar-refractivity contribution in [2.45, 2.75) is 25.8 Å². The molecule has 1 amide bonds. The Bertz CT molecular complexity index is 754. The van der Waals surface area contributed by atoms with Crippen molar-refractivity contribution >= 4 is 28.5 Å². The normalized spacial score (nSPS) is 27.6. The number of likely N-dealkylation sites (tertiary alicyclic amines) is 1. The van der Waals surface area contributed by atoms with Crippen LogP contribution in [0.25, 0.3) is 11.0 Å². The second kappa shape index (κ2) is 5.00. The molecule has 1 aromatic heterocycles. The van der Waals surface area contributed by atoms with Gasteiger partial charge in [0.1, 0.15) is 0 Å². The molecule has 1 aliphatic heterocycles. The monoisotopic (exact) mass is 318 g/mol. The van der Waals surface area contributed by atoms with Crippen LogP contribution in [0.15, 0.2) is 22.6 Å². The molecule has 0 spiro atoms. The van der Waals surface area contributed by atoms with E-state index in [2.05, 4.69) is 0 Å². The zero-order valence-electron chi connectivity index (χ0n) is 12.5. The van der Waals surface area contributed by atoms with Crippen LogP contribution >= 0.6 is 11.6 Å². The second-order valence-corrected chi connectivity index (χ2v) is 6.96. The van der Waals surface area contributed by atoms with E-state index in [-0.39, 0.29) is 11.9 Å². The Morgan fingerprint density at radius 3 is 2.91 bits per heavy atom. The maximum absolute atomic E-state index is 12.8. The molecule has 4 rings (SSSR count). The molecular weight excluding hydrogens is 300 g/mol. The SMILES string of the molecule is Cc1c(C(=O)N2CC3CCC(N)C3C2)oc2c(Cl)cccc12. The number of carbonyl (C=O) groups is 1. The molecule has 1 saturated carbocycles. The lowest BCUT2D eigenvalue weighted by Gasteiger charge is -2.17. The van der Waals surface area contributed by atoms with Crippen molar-refractivity contribution in [1.29, 1.82) is 0 Å². The summed E-state index contributed by atoms with van der Waals surface area (Å²) in [7, 11) is 0. The smallest absolute Gasteiger partial charge is 0.289 e. The van der Waals surface area contributed by atoms with Crippen molar-refractivity contribution in [3.8, 4) is 0 Å². The number of para-hydroxylation sites is 1. The van der Waals surface area contributed by atoms with Crippen LogP contribution in [-0.4, -0.2) is 29.9 Å². The van der Waals surface area contributed by atoms with Gasteiger partial charge in [0, 0.05) is 30.1 Å². The van der Waals surface area contributed by atoms with Crippen LogP contribution in [0.4, 0.5) is 0 Å². The van der Waals surface area contributed by atoms with E-state index in [1.54, 1.807) is 6.07 Å². The molecule has 1 saturated heterocycles. The Kier molecular flexibility index (Phi) is 3.20. The van der Waals surface area contributed by atoms with Gasteiger partial charge in [0.15, 0.2) is 11.3 Å². The van der Waals surface area contributed by atoms with Gasteiger partial charge in [0.25, 0.3) is 5.91 Å². The van der Waals surface area contributed by atoms with E-state index in [9.17, 15) is 4.79 Å². The lowest BCUT2D eigenvalue weighted by molar-refractivity contribution is 0.0749. The molecule has 0 radical (unpaired) electrons. The van der Waals surface area contributed by atoms with E-state index in [1.165, 1.54) is 0 Å². The van der Waals surface area contributed by atoms with Crippen LogP contribution in [0.2, 0.25) is 5.02 Å². The maximum Gasteiger partial charge on any atom is 0.289 e. The molecule has 22 heavy (non-hydrogen) atoms. The van der Waals surface area contributed by atoms with Gasteiger partial charge in [0.05, 0.1) is 5.02 Å². The Morgan fingerprint density at radius 1 is 1.36 bits per heavy atom. The summed E-state index contributed by atoms with van der Waals surface area (Å²) in [5.41, 5.74) is 7.62. The number of fused-ring (bicyclic) bond motifs is 2. The number of hydrogen-bond acceptors (Lipinski definition) is 3. The minimum atomic E-state index is -0.0358. The van der Waals surface area contributed by atoms with Crippen LogP contribution < -0.4 is 5.73 Å². The highest BCUT2D eigenvalue weighted by atomic mass is 35.5. The summed E-state index contributed by atoms with van der Waals surface area (Å²) >= 11 is 6.17. The average Bonchev–Trinajstić information content (AvgIpc) is 3.16. The number of hydrogen-bond donors (Lipinski definition) is 1. The molecule has 2 fully saturated rings. The van der Waals surface area contributed by atoms with Crippen LogP contribution in [0.1, 0.15) is 29.0 Å². The molecular formula is C17H19ClN2O2. The average molecular weight is 319 g/mol. The van der Waals surface area contributed by atoms with Crippen molar-refractivity contribution in [2.75, 3.05) is 13.1 Å². The van der Waals surface area contributed by atoms with Crippen LogP contribution in [0, 0.1) is 18.8 Å². The largest absolute Gasteiger partial charge is 0.449 e. The van der Waals surface area contributed by atoms with Gasteiger partial charge in [0.2, 0.25) is 0 Å². The van der Waals surface area contributed by atoms with E-state index in [0.717, 1.165) is 36.9 Å². The molecule has 1 aromatic carbocycles. The third kappa shape index (κ3) is 1.97. The van der Waals surface area contributed by atoms with Crippen LogP contribution in [0.3, 0.4) is 0 Å². The van der Waals surface area contributed by atoms with Gasteiger partial charge >= 0.3 is 0 Å². The number of aryl methyl sites for hydroxylation is 1. The first-order valence-electron chi connectivity index (χ1n) is 7.78. The van der Waals surface area contributed by atoms with Crippen molar-refractivity contribution in [3.05, 3.63) is 34.5 Å². The van der Waals surface area contributed by atoms with Gasteiger partial charge in [-0.05, 0) is 37.7 Å². The predicted octanol–water partition coefficient (Wildman–Crippen LogP) is 3.20. The van der Waals surface area contributed by atoms with E-state index in [1.807, 2.05) is 24.0 Å². The molecule has 3 atom stereocenters. The summed E-state index contributed by atoms with van der Waals surface area (Å²) in [5, 5.41) is 1.45. The van der Waals surface area contributed by atoms with E-state index >= 15 is 0 Å². The van der Waals surface area contributed by atoms with Gasteiger partial charge in [-0.25, -0.2) is 0 Å². The topological polar surface area (TPSA) is 59.5 Å². The summed E-state index contributed by atoms with van der Waals surface area (Å²) in [4.78, 5) is 14.7. The van der Waals surface area contributed by atoms with Gasteiger partial charge in [-0.15, -0.1) is 0 Å². The molecule has 2 heterocycles. The lowest BCUT2D eigenvalue weighted by atomic mass is 9.98. The first-order valence-corrected chi connectivity index (χ1v) is 8.16. The first-order chi connectivity index (χ1) is 10.6. The Labute approximate surface area is 134 Å². The highest BCUT2D eigenvalue weighted by molar-refractivity contribution is 6.35. The molecule has 4 nitrogen and oxygen atoms in total. The van der Waals surface area contributed by atoms with E-state index in [0.29, 0.717) is 28.2 Å². The Balaban J connectivity index is 1.67. The maximum atomic E-state index is 12.8. The quantitative estimate of drug-likeness (QED) is 0.878. The summed E-state index contributed by atoms with van der Waals surface area (Å²) in [6, 6.07) is 5.82. The van der Waals surface area contributed by atoms with Crippen molar-refractivity contribution < 1.29 is 9.21 Å². The van der Waals surface area contributed by atoms with Crippen LogP contribution in [0.5, 0.6) is 0 Å². The van der Waals surface area contributed by atoms with Gasteiger partial charge < -0.3 is 15.1 Å². The third-order valence-electron chi connectivity index (χ3n) is 5.31. The zero-order chi connectivity index (χ0) is 15.4. The molecule has 5 heteroatoms. The number of rotatable bonds is 1. The number of nitrogens with two attached hydrogens (primary N) is 1. The number of amides is 1.